The summed E-state index contributed by atoms with van der Waals surface area (Å²) in [6.45, 7) is 10.3. The maximum atomic E-state index is 14.0. The fourth-order valence-corrected chi connectivity index (χ4v) is 6.56. The molecule has 1 atom stereocenters. The van der Waals surface area contributed by atoms with Gasteiger partial charge >= 0.3 is 0 Å². The largest absolute Gasteiger partial charge is 0.385 e. The molecule has 0 fully saturated rings. The van der Waals surface area contributed by atoms with Crippen LogP contribution in [-0.4, -0.2) is 42.5 Å². The summed E-state index contributed by atoms with van der Waals surface area (Å²) in [5.41, 5.74) is 2.82. The van der Waals surface area contributed by atoms with Gasteiger partial charge in [-0.05, 0) is 64.3 Å². The molecule has 0 radical (unpaired) electrons. The molecule has 1 heterocycles. The van der Waals surface area contributed by atoms with E-state index in [1.165, 1.54) is 4.31 Å². The molecule has 178 valence electrons. The number of ether oxygens (including phenoxy) is 1. The van der Waals surface area contributed by atoms with Gasteiger partial charge in [-0.25, -0.2) is 13.4 Å². The van der Waals surface area contributed by atoms with Gasteiger partial charge in [-0.2, -0.15) is 4.31 Å². The van der Waals surface area contributed by atoms with Gasteiger partial charge in [0.1, 0.15) is 5.82 Å². The molecule has 1 aromatic heterocycles. The quantitative estimate of drug-likeness (QED) is 0.438. The Balaban J connectivity index is 2.20. The Kier molecular flexibility index (Phi) is 7.72. The zero-order chi connectivity index (χ0) is 24.3. The molecule has 7 nitrogen and oxygen atoms in total. The molecule has 0 aliphatic rings. The average Bonchev–Trinajstić information content (AvgIpc) is 2.75. The first-order valence-corrected chi connectivity index (χ1v) is 12.7. The summed E-state index contributed by atoms with van der Waals surface area (Å²) < 4.78 is 36.2. The van der Waals surface area contributed by atoms with Crippen LogP contribution in [0.25, 0.3) is 10.9 Å². The number of hydrogen-bond acceptors (Lipinski definition) is 5. The van der Waals surface area contributed by atoms with Crippen LogP contribution in [0, 0.1) is 20.8 Å². The number of rotatable bonds is 9. The lowest BCUT2D eigenvalue weighted by Gasteiger charge is -2.30. The molecule has 33 heavy (non-hydrogen) atoms. The highest BCUT2D eigenvalue weighted by Crippen LogP contribution is 2.31. The van der Waals surface area contributed by atoms with Crippen LogP contribution in [0.1, 0.15) is 48.8 Å². The Morgan fingerprint density at radius 1 is 1.12 bits per heavy atom. The molecule has 8 heteroatoms. The second kappa shape index (κ2) is 10.2. The summed E-state index contributed by atoms with van der Waals surface area (Å²) in [4.78, 5) is 18.2. The molecule has 3 rings (SSSR count). The van der Waals surface area contributed by atoms with E-state index in [9.17, 15) is 13.2 Å². The number of aryl methyl sites for hydroxylation is 3. The van der Waals surface area contributed by atoms with Crippen LogP contribution in [-0.2, 0) is 21.3 Å². The topological polar surface area (TPSA) is 81.5 Å². The minimum Gasteiger partial charge on any atom is -0.385 e. The summed E-state index contributed by atoms with van der Waals surface area (Å²) in [7, 11) is -2.28. The van der Waals surface area contributed by atoms with Gasteiger partial charge in [0.2, 0.25) is 10.0 Å². The van der Waals surface area contributed by atoms with Gasteiger partial charge in [0.25, 0.3) is 5.56 Å². The van der Waals surface area contributed by atoms with Crippen molar-refractivity contribution >= 4 is 20.9 Å². The lowest BCUT2D eigenvalue weighted by Crippen LogP contribution is -2.39. The van der Waals surface area contributed by atoms with Crippen molar-refractivity contribution in [2.24, 2.45) is 0 Å². The Morgan fingerprint density at radius 2 is 1.76 bits per heavy atom. The van der Waals surface area contributed by atoms with Crippen LogP contribution in [0.5, 0.6) is 0 Å². The summed E-state index contributed by atoms with van der Waals surface area (Å²) in [5.74, 6) is 0.435. The summed E-state index contributed by atoms with van der Waals surface area (Å²) >= 11 is 0. The van der Waals surface area contributed by atoms with E-state index in [4.69, 9.17) is 9.72 Å². The normalized spacial score (nSPS) is 13.1. The van der Waals surface area contributed by atoms with E-state index < -0.39 is 16.1 Å². The van der Waals surface area contributed by atoms with E-state index in [1.807, 2.05) is 45.9 Å². The minimum absolute atomic E-state index is 0.165. The molecule has 0 aliphatic heterocycles. The highest BCUT2D eigenvalue weighted by atomic mass is 32.2. The van der Waals surface area contributed by atoms with Crippen LogP contribution < -0.4 is 5.56 Å². The first kappa shape index (κ1) is 25.1. The third kappa shape index (κ3) is 4.88. The second-order valence-electron chi connectivity index (χ2n) is 8.40. The number of para-hydroxylation sites is 1. The van der Waals surface area contributed by atoms with Crippen molar-refractivity contribution in [3.05, 3.63) is 69.3 Å². The highest BCUT2D eigenvalue weighted by Gasteiger charge is 2.34. The lowest BCUT2D eigenvalue weighted by molar-refractivity contribution is 0.181. The van der Waals surface area contributed by atoms with Gasteiger partial charge in [-0.3, -0.25) is 9.36 Å². The average molecular weight is 472 g/mol. The van der Waals surface area contributed by atoms with Gasteiger partial charge in [0, 0.05) is 26.8 Å². The van der Waals surface area contributed by atoms with Gasteiger partial charge in [0.05, 0.1) is 21.8 Å². The highest BCUT2D eigenvalue weighted by molar-refractivity contribution is 7.89. The minimum atomic E-state index is -3.88. The van der Waals surface area contributed by atoms with Crippen molar-refractivity contribution in [2.75, 3.05) is 20.3 Å². The maximum Gasteiger partial charge on any atom is 0.261 e. The van der Waals surface area contributed by atoms with Crippen LogP contribution in [0.3, 0.4) is 0 Å². The number of hydrogen-bond donors (Lipinski definition) is 0. The molecule has 0 bridgehead atoms. The molecule has 0 saturated heterocycles. The number of aromatic nitrogens is 2. The molecular formula is C25H33N3O4S. The maximum absolute atomic E-state index is 14.0. The number of benzene rings is 2. The monoisotopic (exact) mass is 471 g/mol. The zero-order valence-electron chi connectivity index (χ0n) is 20.3. The molecule has 0 aliphatic carbocycles. The molecule has 2 aromatic carbocycles. The van der Waals surface area contributed by atoms with E-state index in [0.29, 0.717) is 52.3 Å². The Labute approximate surface area is 196 Å². The lowest BCUT2D eigenvalue weighted by atomic mass is 10.1. The van der Waals surface area contributed by atoms with Gasteiger partial charge < -0.3 is 4.74 Å². The van der Waals surface area contributed by atoms with Crippen molar-refractivity contribution in [1.82, 2.24) is 13.9 Å². The molecule has 3 aromatic rings. The zero-order valence-corrected chi connectivity index (χ0v) is 21.1. The first-order valence-electron chi connectivity index (χ1n) is 11.2. The molecule has 1 unspecified atom stereocenters. The first-order chi connectivity index (χ1) is 15.6. The van der Waals surface area contributed by atoms with Gasteiger partial charge in [-0.1, -0.05) is 29.8 Å². The van der Waals surface area contributed by atoms with Gasteiger partial charge in [0.15, 0.2) is 0 Å². The summed E-state index contributed by atoms with van der Waals surface area (Å²) in [5, 5.41) is 0.523. The summed E-state index contributed by atoms with van der Waals surface area (Å²) in [6, 6.07) is 10.3. The molecule has 0 N–H and O–H groups in total. The second-order valence-corrected chi connectivity index (χ2v) is 10.2. The van der Waals surface area contributed by atoms with Crippen molar-refractivity contribution in [3.63, 3.8) is 0 Å². The standard InChI is InChI=1S/C25H33N3O4S/c1-7-27-24(26-22-12-9-8-11-21(22)25(27)29)20(5)28(13-10-14-32-6)33(30,31)23-18(3)15-17(2)16-19(23)4/h8-9,11-12,15-16,20H,7,10,13-14H2,1-6H3. The van der Waals surface area contributed by atoms with Crippen molar-refractivity contribution < 1.29 is 13.2 Å². The predicted molar refractivity (Wildman–Crippen MR) is 131 cm³/mol. The van der Waals surface area contributed by atoms with Crippen LogP contribution >= 0.6 is 0 Å². The predicted octanol–water partition coefficient (Wildman–Crippen LogP) is 4.13. The van der Waals surface area contributed by atoms with E-state index in [-0.39, 0.29) is 12.1 Å². The number of methoxy groups -OCH3 is 1. The Hall–Kier alpha value is -2.55. The molecule has 0 saturated carbocycles. The third-order valence-electron chi connectivity index (χ3n) is 5.91. The van der Waals surface area contributed by atoms with E-state index in [2.05, 4.69) is 0 Å². The number of sulfonamides is 1. The summed E-state index contributed by atoms with van der Waals surface area (Å²) in [6.07, 6.45) is 0.522. The third-order valence-corrected chi connectivity index (χ3v) is 8.19. The molecule has 0 spiro atoms. The van der Waals surface area contributed by atoms with E-state index in [1.54, 1.807) is 36.8 Å². The SMILES string of the molecule is CCn1c(C(C)N(CCCOC)S(=O)(=O)c2c(C)cc(C)cc2C)nc2ccccc2c1=O. The number of fused-ring (bicyclic) bond motifs is 1. The van der Waals surface area contributed by atoms with E-state index in [0.717, 1.165) is 5.56 Å². The van der Waals surface area contributed by atoms with Crippen LogP contribution in [0.2, 0.25) is 0 Å². The fourth-order valence-electron chi connectivity index (χ4n) is 4.52. The van der Waals surface area contributed by atoms with Gasteiger partial charge in [-0.15, -0.1) is 0 Å². The van der Waals surface area contributed by atoms with Crippen molar-refractivity contribution in [3.8, 4) is 0 Å². The Morgan fingerprint density at radius 3 is 2.36 bits per heavy atom. The van der Waals surface area contributed by atoms with Crippen molar-refractivity contribution in [1.29, 1.82) is 0 Å². The number of nitrogens with zero attached hydrogens (tertiary/aromatic N) is 3. The van der Waals surface area contributed by atoms with Crippen LogP contribution in [0.4, 0.5) is 0 Å². The van der Waals surface area contributed by atoms with E-state index >= 15 is 0 Å². The van der Waals surface area contributed by atoms with Crippen molar-refractivity contribution in [2.45, 2.75) is 58.5 Å². The van der Waals surface area contributed by atoms with Crippen LogP contribution in [0.15, 0.2) is 46.1 Å². The Bertz CT molecular complexity index is 1290. The molecule has 0 amide bonds. The fraction of sp³-hybridized carbons (Fsp3) is 0.440. The molecular weight excluding hydrogens is 438 g/mol. The smallest absolute Gasteiger partial charge is 0.261 e.